The molecule has 1 aromatic rings. The molecule has 0 amide bonds. The van der Waals surface area contributed by atoms with E-state index in [-0.39, 0.29) is 0 Å². The van der Waals surface area contributed by atoms with E-state index in [2.05, 4.69) is 45.0 Å². The summed E-state index contributed by atoms with van der Waals surface area (Å²) in [7, 11) is 0. The molecule has 0 aliphatic heterocycles. The molecule has 0 bridgehead atoms. The standard InChI is InChI=1S/C15H24O/c1-4-13-5-7-14(8-6-13)10-15(11-16)9-12(2)3/h5-8,12,15-16H,4,9-11H2,1-3H3. The molecular weight excluding hydrogens is 196 g/mol. The predicted molar refractivity (Wildman–Crippen MR) is 69.6 cm³/mol. The Bertz CT molecular complexity index is 287. The molecular formula is C15H24O. The van der Waals surface area contributed by atoms with Crippen LogP contribution in [0, 0.1) is 11.8 Å². The minimum Gasteiger partial charge on any atom is -0.396 e. The van der Waals surface area contributed by atoms with Crippen molar-refractivity contribution in [2.24, 2.45) is 11.8 Å². The van der Waals surface area contributed by atoms with Crippen molar-refractivity contribution in [3.63, 3.8) is 0 Å². The molecule has 0 radical (unpaired) electrons. The minimum atomic E-state index is 0.299. The summed E-state index contributed by atoms with van der Waals surface area (Å²) in [6, 6.07) is 8.78. The van der Waals surface area contributed by atoms with E-state index >= 15 is 0 Å². The maximum absolute atomic E-state index is 9.34. The van der Waals surface area contributed by atoms with Gasteiger partial charge >= 0.3 is 0 Å². The normalized spacial score (nSPS) is 13.1. The van der Waals surface area contributed by atoms with Crippen molar-refractivity contribution in [3.8, 4) is 0 Å². The third-order valence-corrected chi connectivity index (χ3v) is 3.02. The van der Waals surface area contributed by atoms with E-state index in [4.69, 9.17) is 0 Å². The predicted octanol–water partition coefficient (Wildman–Crippen LogP) is 3.45. The average Bonchev–Trinajstić information content (AvgIpc) is 2.28. The third kappa shape index (κ3) is 4.36. The van der Waals surface area contributed by atoms with E-state index in [1.54, 1.807) is 0 Å². The first-order chi connectivity index (χ1) is 7.65. The monoisotopic (exact) mass is 220 g/mol. The second-order valence-electron chi connectivity index (χ2n) is 5.05. The van der Waals surface area contributed by atoms with Crippen molar-refractivity contribution in [2.45, 2.75) is 40.0 Å². The van der Waals surface area contributed by atoms with Crippen LogP contribution in [0.3, 0.4) is 0 Å². The van der Waals surface area contributed by atoms with Gasteiger partial charge in [0, 0.05) is 6.61 Å². The van der Waals surface area contributed by atoms with Crippen molar-refractivity contribution in [3.05, 3.63) is 35.4 Å². The molecule has 90 valence electrons. The number of aliphatic hydroxyl groups excluding tert-OH is 1. The van der Waals surface area contributed by atoms with Crippen molar-refractivity contribution in [1.29, 1.82) is 0 Å². The Morgan fingerprint density at radius 3 is 2.06 bits per heavy atom. The Kier molecular flexibility index (Phi) is 5.54. The van der Waals surface area contributed by atoms with Crippen LogP contribution in [0.1, 0.15) is 38.3 Å². The molecule has 0 heterocycles. The van der Waals surface area contributed by atoms with E-state index < -0.39 is 0 Å². The molecule has 0 aliphatic rings. The Morgan fingerprint density at radius 2 is 1.62 bits per heavy atom. The molecule has 1 rings (SSSR count). The summed E-state index contributed by atoms with van der Waals surface area (Å²) in [5, 5.41) is 9.34. The molecule has 1 heteroatoms. The largest absolute Gasteiger partial charge is 0.396 e. The fourth-order valence-electron chi connectivity index (χ4n) is 2.13. The fraction of sp³-hybridized carbons (Fsp3) is 0.600. The van der Waals surface area contributed by atoms with Gasteiger partial charge in [-0.2, -0.15) is 0 Å². The lowest BCUT2D eigenvalue weighted by Crippen LogP contribution is -2.12. The van der Waals surface area contributed by atoms with E-state index in [0.717, 1.165) is 19.3 Å². The topological polar surface area (TPSA) is 20.2 Å². The summed E-state index contributed by atoms with van der Waals surface area (Å²) in [6.45, 7) is 6.89. The molecule has 1 nitrogen and oxygen atoms in total. The molecule has 0 saturated heterocycles. The Labute approximate surface area is 99.5 Å². The second kappa shape index (κ2) is 6.70. The van der Waals surface area contributed by atoms with Crippen LogP contribution in [-0.4, -0.2) is 11.7 Å². The summed E-state index contributed by atoms with van der Waals surface area (Å²) in [6.07, 6.45) is 3.19. The van der Waals surface area contributed by atoms with E-state index in [0.29, 0.717) is 18.4 Å². The van der Waals surface area contributed by atoms with Gasteiger partial charge in [-0.25, -0.2) is 0 Å². The van der Waals surface area contributed by atoms with Crippen LogP contribution in [-0.2, 0) is 12.8 Å². The zero-order valence-electron chi connectivity index (χ0n) is 10.7. The first-order valence-corrected chi connectivity index (χ1v) is 6.34. The highest BCUT2D eigenvalue weighted by Crippen LogP contribution is 2.17. The Hall–Kier alpha value is -0.820. The first kappa shape index (κ1) is 13.2. The molecule has 0 saturated carbocycles. The van der Waals surface area contributed by atoms with Gasteiger partial charge in [-0.1, -0.05) is 45.0 Å². The molecule has 1 unspecified atom stereocenters. The number of aliphatic hydroxyl groups is 1. The van der Waals surface area contributed by atoms with Crippen LogP contribution in [0.4, 0.5) is 0 Å². The highest BCUT2D eigenvalue weighted by atomic mass is 16.3. The maximum Gasteiger partial charge on any atom is 0.0462 e. The lowest BCUT2D eigenvalue weighted by atomic mass is 9.91. The van der Waals surface area contributed by atoms with Crippen LogP contribution < -0.4 is 0 Å². The van der Waals surface area contributed by atoms with Crippen LogP contribution in [0.5, 0.6) is 0 Å². The van der Waals surface area contributed by atoms with Crippen LogP contribution in [0.25, 0.3) is 0 Å². The maximum atomic E-state index is 9.34. The summed E-state index contributed by atoms with van der Waals surface area (Å²) >= 11 is 0. The smallest absolute Gasteiger partial charge is 0.0462 e. The first-order valence-electron chi connectivity index (χ1n) is 6.34. The molecule has 0 aromatic heterocycles. The lowest BCUT2D eigenvalue weighted by Gasteiger charge is -2.16. The average molecular weight is 220 g/mol. The number of rotatable bonds is 6. The zero-order chi connectivity index (χ0) is 12.0. The number of benzene rings is 1. The molecule has 1 N–H and O–H groups in total. The third-order valence-electron chi connectivity index (χ3n) is 3.02. The SMILES string of the molecule is CCc1ccc(CC(CO)CC(C)C)cc1. The summed E-state index contributed by atoms with van der Waals surface area (Å²) in [4.78, 5) is 0. The Balaban J connectivity index is 2.56. The minimum absolute atomic E-state index is 0.299. The van der Waals surface area contributed by atoms with Crippen LogP contribution in [0.2, 0.25) is 0 Å². The van der Waals surface area contributed by atoms with E-state index in [9.17, 15) is 5.11 Å². The molecule has 1 atom stereocenters. The fourth-order valence-corrected chi connectivity index (χ4v) is 2.13. The summed E-state index contributed by atoms with van der Waals surface area (Å²) in [5.74, 6) is 1.07. The number of aryl methyl sites for hydroxylation is 1. The quantitative estimate of drug-likeness (QED) is 0.778. The zero-order valence-corrected chi connectivity index (χ0v) is 10.7. The van der Waals surface area contributed by atoms with Crippen LogP contribution >= 0.6 is 0 Å². The van der Waals surface area contributed by atoms with Gasteiger partial charge < -0.3 is 5.11 Å². The van der Waals surface area contributed by atoms with Gasteiger partial charge in [0.2, 0.25) is 0 Å². The number of hydrogen-bond donors (Lipinski definition) is 1. The highest BCUT2D eigenvalue weighted by molar-refractivity contribution is 5.22. The van der Waals surface area contributed by atoms with E-state index in [1.807, 2.05) is 0 Å². The molecule has 0 fully saturated rings. The van der Waals surface area contributed by atoms with Crippen LogP contribution in [0.15, 0.2) is 24.3 Å². The van der Waals surface area contributed by atoms with Crippen molar-refractivity contribution in [2.75, 3.05) is 6.61 Å². The van der Waals surface area contributed by atoms with Gasteiger partial charge in [-0.15, -0.1) is 0 Å². The summed E-state index contributed by atoms with van der Waals surface area (Å²) in [5.41, 5.74) is 2.73. The molecule has 0 spiro atoms. The van der Waals surface area contributed by atoms with Gasteiger partial charge in [0.15, 0.2) is 0 Å². The van der Waals surface area contributed by atoms with E-state index in [1.165, 1.54) is 11.1 Å². The molecule has 0 aliphatic carbocycles. The van der Waals surface area contributed by atoms with Crippen molar-refractivity contribution >= 4 is 0 Å². The van der Waals surface area contributed by atoms with Gasteiger partial charge in [-0.05, 0) is 42.2 Å². The van der Waals surface area contributed by atoms with Crippen molar-refractivity contribution < 1.29 is 5.11 Å². The Morgan fingerprint density at radius 1 is 1.06 bits per heavy atom. The van der Waals surface area contributed by atoms with Gasteiger partial charge in [-0.3, -0.25) is 0 Å². The second-order valence-corrected chi connectivity index (χ2v) is 5.05. The molecule has 16 heavy (non-hydrogen) atoms. The van der Waals surface area contributed by atoms with Gasteiger partial charge in [0.1, 0.15) is 0 Å². The number of hydrogen-bond acceptors (Lipinski definition) is 1. The van der Waals surface area contributed by atoms with Crippen molar-refractivity contribution in [1.82, 2.24) is 0 Å². The summed E-state index contributed by atoms with van der Waals surface area (Å²) < 4.78 is 0. The molecule has 1 aromatic carbocycles. The lowest BCUT2D eigenvalue weighted by molar-refractivity contribution is 0.205. The highest BCUT2D eigenvalue weighted by Gasteiger charge is 2.10. The van der Waals surface area contributed by atoms with Gasteiger partial charge in [0.25, 0.3) is 0 Å². The van der Waals surface area contributed by atoms with Gasteiger partial charge in [0.05, 0.1) is 0 Å².